The third-order valence-corrected chi connectivity index (χ3v) is 3.52. The van der Waals surface area contributed by atoms with E-state index in [9.17, 15) is 4.79 Å². The highest BCUT2D eigenvalue weighted by molar-refractivity contribution is 5.70. The SMILES string of the molecule is CCCCC(C)OC(=O)CC(C)NCCc1ccccc1. The Morgan fingerprint density at radius 2 is 1.95 bits per heavy atom. The van der Waals surface area contributed by atoms with Gasteiger partial charge in [-0.15, -0.1) is 0 Å². The smallest absolute Gasteiger partial charge is 0.307 e. The van der Waals surface area contributed by atoms with Crippen LogP contribution in [0.25, 0.3) is 0 Å². The number of hydrogen-bond donors (Lipinski definition) is 1. The van der Waals surface area contributed by atoms with E-state index < -0.39 is 0 Å². The summed E-state index contributed by atoms with van der Waals surface area (Å²) in [6, 6.07) is 10.5. The molecule has 2 unspecified atom stereocenters. The normalized spacial score (nSPS) is 13.7. The second-order valence-corrected chi connectivity index (χ2v) is 5.74. The number of carbonyl (C=O) groups is 1. The molecule has 0 radical (unpaired) electrons. The first-order valence-electron chi connectivity index (χ1n) is 8.08. The van der Waals surface area contributed by atoms with Crippen LogP contribution in [0.4, 0.5) is 0 Å². The van der Waals surface area contributed by atoms with Crippen molar-refractivity contribution in [2.45, 2.75) is 65.0 Å². The van der Waals surface area contributed by atoms with Gasteiger partial charge in [-0.1, -0.05) is 50.1 Å². The summed E-state index contributed by atoms with van der Waals surface area (Å²) in [5, 5.41) is 3.38. The molecule has 0 aliphatic rings. The number of esters is 1. The maximum atomic E-state index is 11.8. The van der Waals surface area contributed by atoms with Crippen LogP contribution >= 0.6 is 0 Å². The fraction of sp³-hybridized carbons (Fsp3) is 0.611. The van der Waals surface area contributed by atoms with Gasteiger partial charge in [0.25, 0.3) is 0 Å². The third kappa shape index (κ3) is 8.51. The van der Waals surface area contributed by atoms with Gasteiger partial charge in [-0.3, -0.25) is 4.79 Å². The summed E-state index contributed by atoms with van der Waals surface area (Å²) in [4.78, 5) is 11.8. The molecule has 2 atom stereocenters. The van der Waals surface area contributed by atoms with Gasteiger partial charge in [0.15, 0.2) is 0 Å². The van der Waals surface area contributed by atoms with Crippen molar-refractivity contribution < 1.29 is 9.53 Å². The highest BCUT2D eigenvalue weighted by atomic mass is 16.5. The highest BCUT2D eigenvalue weighted by Gasteiger charge is 2.12. The van der Waals surface area contributed by atoms with Gasteiger partial charge in [0.05, 0.1) is 12.5 Å². The molecule has 0 saturated heterocycles. The van der Waals surface area contributed by atoms with Crippen molar-refractivity contribution in [2.24, 2.45) is 0 Å². The molecule has 0 spiro atoms. The minimum absolute atomic E-state index is 0.0361. The first-order chi connectivity index (χ1) is 10.1. The molecule has 0 fully saturated rings. The molecule has 0 bridgehead atoms. The predicted octanol–water partition coefficient (Wildman–Crippen LogP) is 3.72. The van der Waals surface area contributed by atoms with E-state index in [1.807, 2.05) is 32.0 Å². The molecule has 0 aliphatic carbocycles. The molecule has 118 valence electrons. The predicted molar refractivity (Wildman–Crippen MR) is 87.3 cm³/mol. The quantitative estimate of drug-likeness (QED) is 0.668. The van der Waals surface area contributed by atoms with Crippen LogP contribution in [0, 0.1) is 0 Å². The number of rotatable bonds is 10. The zero-order valence-electron chi connectivity index (χ0n) is 13.6. The Hall–Kier alpha value is -1.35. The van der Waals surface area contributed by atoms with Crippen molar-refractivity contribution >= 4 is 5.97 Å². The topological polar surface area (TPSA) is 38.3 Å². The van der Waals surface area contributed by atoms with E-state index >= 15 is 0 Å². The molecule has 0 amide bonds. The third-order valence-electron chi connectivity index (χ3n) is 3.52. The highest BCUT2D eigenvalue weighted by Crippen LogP contribution is 2.06. The number of carbonyl (C=O) groups excluding carboxylic acids is 1. The van der Waals surface area contributed by atoms with Crippen LogP contribution in [0.2, 0.25) is 0 Å². The van der Waals surface area contributed by atoms with Crippen LogP contribution in [0.1, 0.15) is 52.0 Å². The molecule has 3 heteroatoms. The lowest BCUT2D eigenvalue weighted by Gasteiger charge is -2.16. The molecule has 0 saturated carbocycles. The van der Waals surface area contributed by atoms with Gasteiger partial charge in [0.2, 0.25) is 0 Å². The summed E-state index contributed by atoms with van der Waals surface area (Å²) in [7, 11) is 0. The van der Waals surface area contributed by atoms with Gasteiger partial charge in [-0.05, 0) is 38.8 Å². The Morgan fingerprint density at radius 1 is 1.24 bits per heavy atom. The first-order valence-corrected chi connectivity index (χ1v) is 8.08. The Kier molecular flexibility index (Phi) is 8.76. The van der Waals surface area contributed by atoms with Crippen molar-refractivity contribution in [2.75, 3.05) is 6.54 Å². The van der Waals surface area contributed by atoms with Crippen LogP contribution in [-0.2, 0) is 16.0 Å². The minimum Gasteiger partial charge on any atom is -0.463 e. The van der Waals surface area contributed by atoms with E-state index in [0.29, 0.717) is 6.42 Å². The van der Waals surface area contributed by atoms with Crippen LogP contribution in [-0.4, -0.2) is 24.7 Å². The van der Waals surface area contributed by atoms with Crippen LogP contribution in [0.15, 0.2) is 30.3 Å². The van der Waals surface area contributed by atoms with E-state index in [0.717, 1.165) is 32.2 Å². The molecular formula is C18H29NO2. The van der Waals surface area contributed by atoms with Gasteiger partial charge in [0.1, 0.15) is 0 Å². The molecule has 3 nitrogen and oxygen atoms in total. The summed E-state index contributed by atoms with van der Waals surface area (Å²) in [5.74, 6) is -0.0988. The zero-order chi connectivity index (χ0) is 15.5. The summed E-state index contributed by atoms with van der Waals surface area (Å²) in [6.07, 6.45) is 4.66. The zero-order valence-corrected chi connectivity index (χ0v) is 13.6. The van der Waals surface area contributed by atoms with Crippen LogP contribution in [0.3, 0.4) is 0 Å². The Balaban J connectivity index is 2.15. The number of nitrogens with one attached hydrogen (secondary N) is 1. The average molecular weight is 291 g/mol. The molecule has 0 aliphatic heterocycles. The maximum absolute atomic E-state index is 11.8. The molecular weight excluding hydrogens is 262 g/mol. The first kappa shape index (κ1) is 17.7. The Morgan fingerprint density at radius 3 is 2.62 bits per heavy atom. The minimum atomic E-state index is -0.0988. The van der Waals surface area contributed by atoms with E-state index in [2.05, 4.69) is 24.4 Å². The van der Waals surface area contributed by atoms with Crippen LogP contribution in [0.5, 0.6) is 0 Å². The van der Waals surface area contributed by atoms with Gasteiger partial charge in [-0.25, -0.2) is 0 Å². The molecule has 21 heavy (non-hydrogen) atoms. The summed E-state index contributed by atoms with van der Waals surface area (Å²) in [6.45, 7) is 7.03. The standard InChI is InChI=1S/C18H29NO2/c1-4-5-9-16(3)21-18(20)14-15(2)19-13-12-17-10-7-6-8-11-17/h6-8,10-11,15-16,19H,4-5,9,12-14H2,1-3H3. The van der Waals surface area contributed by atoms with Crippen molar-refractivity contribution in [3.05, 3.63) is 35.9 Å². The lowest BCUT2D eigenvalue weighted by atomic mass is 10.1. The fourth-order valence-corrected chi connectivity index (χ4v) is 2.25. The Bertz CT molecular complexity index is 391. The number of benzene rings is 1. The van der Waals surface area contributed by atoms with Crippen molar-refractivity contribution in [3.63, 3.8) is 0 Å². The second kappa shape index (κ2) is 10.4. The van der Waals surface area contributed by atoms with Gasteiger partial charge in [-0.2, -0.15) is 0 Å². The van der Waals surface area contributed by atoms with Gasteiger partial charge < -0.3 is 10.1 Å². The van der Waals surface area contributed by atoms with E-state index in [1.54, 1.807) is 0 Å². The fourth-order valence-electron chi connectivity index (χ4n) is 2.25. The van der Waals surface area contributed by atoms with E-state index in [-0.39, 0.29) is 18.1 Å². The molecule has 1 N–H and O–H groups in total. The maximum Gasteiger partial charge on any atom is 0.307 e. The number of hydrogen-bond acceptors (Lipinski definition) is 3. The molecule has 0 heterocycles. The van der Waals surface area contributed by atoms with E-state index in [4.69, 9.17) is 4.74 Å². The molecule has 1 rings (SSSR count). The van der Waals surface area contributed by atoms with Crippen molar-refractivity contribution in [3.8, 4) is 0 Å². The average Bonchev–Trinajstić information content (AvgIpc) is 2.46. The van der Waals surface area contributed by atoms with E-state index in [1.165, 1.54) is 5.56 Å². The van der Waals surface area contributed by atoms with Gasteiger partial charge >= 0.3 is 5.97 Å². The van der Waals surface area contributed by atoms with Gasteiger partial charge in [0, 0.05) is 6.04 Å². The lowest BCUT2D eigenvalue weighted by molar-refractivity contribution is -0.149. The van der Waals surface area contributed by atoms with Crippen molar-refractivity contribution in [1.82, 2.24) is 5.32 Å². The molecule has 0 aromatic heterocycles. The summed E-state index contributed by atoms with van der Waals surface area (Å²) >= 11 is 0. The second-order valence-electron chi connectivity index (χ2n) is 5.74. The summed E-state index contributed by atoms with van der Waals surface area (Å²) < 4.78 is 5.41. The lowest BCUT2D eigenvalue weighted by Crippen LogP contribution is -2.31. The monoisotopic (exact) mass is 291 g/mol. The number of unbranched alkanes of at least 4 members (excludes halogenated alkanes) is 1. The number of ether oxygens (including phenoxy) is 1. The Labute approximate surface area is 129 Å². The molecule has 1 aromatic rings. The van der Waals surface area contributed by atoms with Crippen LogP contribution < -0.4 is 5.32 Å². The summed E-state index contributed by atoms with van der Waals surface area (Å²) in [5.41, 5.74) is 1.31. The molecule has 1 aromatic carbocycles. The van der Waals surface area contributed by atoms with Crippen molar-refractivity contribution in [1.29, 1.82) is 0 Å². The largest absolute Gasteiger partial charge is 0.463 e.